The van der Waals surface area contributed by atoms with Crippen molar-refractivity contribution in [3.63, 3.8) is 0 Å². The monoisotopic (exact) mass is 886 g/mol. The van der Waals surface area contributed by atoms with E-state index in [2.05, 4.69) is 36.4 Å². The Morgan fingerprint density at radius 3 is 2.33 bits per heavy atom. The molecule has 2 aromatic carbocycles. The number of methoxy groups -OCH3 is 1. The molecule has 2 aliphatic heterocycles. The third kappa shape index (κ3) is 11.5. The van der Waals surface area contributed by atoms with Crippen molar-refractivity contribution in [1.29, 1.82) is 0 Å². The number of nitrogens with two attached hydrogens (primary N) is 1. The lowest BCUT2D eigenvalue weighted by Crippen LogP contribution is -2.45. The van der Waals surface area contributed by atoms with E-state index in [4.69, 9.17) is 15.2 Å². The molecule has 4 N–H and O–H groups in total. The van der Waals surface area contributed by atoms with Crippen LogP contribution in [0.15, 0.2) is 41.6 Å². The predicted octanol–water partition coefficient (Wildman–Crippen LogP) is 7.50. The zero-order valence-corrected chi connectivity index (χ0v) is 38.7. The summed E-state index contributed by atoms with van der Waals surface area (Å²) in [5, 5.41) is 11.1. The minimum Gasteiger partial charge on any atom is -0.492 e. The quantitative estimate of drug-likeness (QED) is 0.0519. The molecule has 0 aliphatic carbocycles. The van der Waals surface area contributed by atoms with Gasteiger partial charge in [0.05, 0.1) is 24.0 Å². The lowest BCUT2D eigenvalue weighted by Gasteiger charge is -2.32. The number of rotatable bonds is 22. The molecular formula is C47H66N8O7S. The average Bonchev–Trinajstić information content (AvgIpc) is 3.76. The molecule has 1 saturated heterocycles. The first-order chi connectivity index (χ1) is 30.1. The number of ether oxygens (including phenoxy) is 2. The van der Waals surface area contributed by atoms with Crippen LogP contribution in [-0.4, -0.2) is 100 Å². The number of esters is 1. The highest BCUT2D eigenvalue weighted by Crippen LogP contribution is 2.38. The molecule has 6 rings (SSSR count). The van der Waals surface area contributed by atoms with Crippen LogP contribution in [0.3, 0.4) is 0 Å². The molecule has 2 aliphatic rings. The average molecular weight is 887 g/mol. The van der Waals surface area contributed by atoms with E-state index in [1.807, 2.05) is 19.9 Å². The number of amides is 2. The Kier molecular flexibility index (Phi) is 15.8. The van der Waals surface area contributed by atoms with Gasteiger partial charge in [0.25, 0.3) is 5.91 Å². The van der Waals surface area contributed by atoms with Crippen LogP contribution in [0.4, 0.5) is 11.6 Å². The van der Waals surface area contributed by atoms with Crippen LogP contribution in [0.5, 0.6) is 5.75 Å². The van der Waals surface area contributed by atoms with Gasteiger partial charge in [0, 0.05) is 41.2 Å². The molecule has 63 heavy (non-hydrogen) atoms. The second-order valence-corrected chi connectivity index (χ2v) is 20.9. The summed E-state index contributed by atoms with van der Waals surface area (Å²) in [7, 11) is -2.47. The Bertz CT molecular complexity index is 2350. The van der Waals surface area contributed by atoms with Gasteiger partial charge in [0.2, 0.25) is 5.91 Å². The molecule has 4 heterocycles. The molecular weight excluding hydrogens is 821 g/mol. The fourth-order valence-electron chi connectivity index (χ4n) is 8.54. The summed E-state index contributed by atoms with van der Waals surface area (Å²) in [5.41, 5.74) is 10.8. The van der Waals surface area contributed by atoms with Crippen molar-refractivity contribution in [3.05, 3.63) is 64.6 Å². The van der Waals surface area contributed by atoms with E-state index in [1.165, 1.54) is 56.9 Å². The molecule has 15 nitrogen and oxygen atoms in total. The number of hydrogen-bond acceptors (Lipinski definition) is 12. The summed E-state index contributed by atoms with van der Waals surface area (Å²) in [6.45, 7) is 12.9. The van der Waals surface area contributed by atoms with Gasteiger partial charge in [0.15, 0.2) is 15.7 Å². The minimum absolute atomic E-state index is 0.0195. The number of H-pyrrole nitrogens is 1. The van der Waals surface area contributed by atoms with E-state index in [0.717, 1.165) is 74.1 Å². The Labute approximate surface area is 372 Å². The van der Waals surface area contributed by atoms with Gasteiger partial charge in [-0.05, 0) is 122 Å². The van der Waals surface area contributed by atoms with Gasteiger partial charge in [-0.25, -0.2) is 18.4 Å². The number of anilines is 2. The van der Waals surface area contributed by atoms with Crippen molar-refractivity contribution in [3.8, 4) is 5.75 Å². The molecule has 16 heteroatoms. The van der Waals surface area contributed by atoms with Crippen LogP contribution in [0.1, 0.15) is 131 Å². The summed E-state index contributed by atoms with van der Waals surface area (Å²) in [6, 6.07) is 8.30. The Hall–Kier alpha value is -5.09. The van der Waals surface area contributed by atoms with Crippen LogP contribution < -0.4 is 15.8 Å². The summed E-state index contributed by atoms with van der Waals surface area (Å²) < 4.78 is 37.9. The molecule has 1 fully saturated rings. The Morgan fingerprint density at radius 2 is 1.68 bits per heavy atom. The maximum Gasteiger partial charge on any atom is 0.305 e. The topological polar surface area (TPSA) is 203 Å². The van der Waals surface area contributed by atoms with Crippen LogP contribution in [0, 0.1) is 19.8 Å². The van der Waals surface area contributed by atoms with Gasteiger partial charge in [-0.15, -0.1) is 0 Å². The lowest BCUT2D eigenvalue weighted by atomic mass is 9.97. The predicted molar refractivity (Wildman–Crippen MR) is 244 cm³/mol. The highest BCUT2D eigenvalue weighted by Gasteiger charge is 2.37. The van der Waals surface area contributed by atoms with E-state index in [0.29, 0.717) is 52.9 Å². The maximum atomic E-state index is 13.9. The number of aromatic nitrogens is 4. The zero-order chi connectivity index (χ0) is 45.3. The molecule has 0 spiro atoms. The summed E-state index contributed by atoms with van der Waals surface area (Å²) in [6.07, 6.45) is 13.9. The SMILES string of the molecule is COC(=O)CC[C@@H](C(N)=O)N1Cc2c(CCCCCCCCCCN3CCC(COc4cc5ncnc(Nc6n[nH]c(C)c6C)c5cc4S(=O)(=O)C(C)(C)C)CC3)cccc2C1=O. The standard InChI is InChI=1S/C47H66N8O7S/c1-31-32(2)52-53-44(31)51-45-36-26-41(63(59,60)47(3,4)5)40(27-38(36)49-30-50-45)62-29-33-21-24-54(25-22-33)23-14-12-10-8-7-9-11-13-16-34-17-15-18-35-37(34)28-55(46(35)58)39(43(48)57)19-20-42(56)61-6/h15,17-18,26-27,30,33,39H,7-14,16,19-25,28-29H2,1-6H3,(H2,48,57)(H2,49,50,51,52,53)/t39-/m0/s1. The van der Waals surface area contributed by atoms with Gasteiger partial charge >= 0.3 is 5.97 Å². The Balaban J connectivity index is 0.890. The number of piperidine rings is 1. The fourth-order valence-corrected chi connectivity index (χ4v) is 9.86. The summed E-state index contributed by atoms with van der Waals surface area (Å²) in [4.78, 5) is 50.2. The number of likely N-dealkylation sites (tertiary alicyclic amines) is 1. The molecule has 4 aromatic rings. The summed E-state index contributed by atoms with van der Waals surface area (Å²) in [5.74, 6) is 0.484. The van der Waals surface area contributed by atoms with Crippen molar-refractivity contribution in [2.24, 2.45) is 11.7 Å². The number of carbonyl (C=O) groups is 3. The normalized spacial score (nSPS) is 15.5. The number of aryl methyl sites for hydroxylation is 2. The highest BCUT2D eigenvalue weighted by molar-refractivity contribution is 7.92. The molecule has 0 saturated carbocycles. The molecule has 342 valence electrons. The number of nitrogens with zero attached hydrogens (tertiary/aromatic N) is 5. The van der Waals surface area contributed by atoms with Gasteiger partial charge < -0.3 is 30.3 Å². The maximum absolute atomic E-state index is 13.9. The van der Waals surface area contributed by atoms with Crippen molar-refractivity contribution in [2.45, 2.75) is 140 Å². The van der Waals surface area contributed by atoms with E-state index in [1.54, 1.807) is 39.0 Å². The molecule has 2 amide bonds. The third-order valence-electron chi connectivity index (χ3n) is 12.8. The minimum atomic E-state index is -3.77. The number of unbranched alkanes of at least 4 members (excludes halogenated alkanes) is 7. The van der Waals surface area contributed by atoms with Crippen molar-refractivity contribution < 1.29 is 32.3 Å². The van der Waals surface area contributed by atoms with Crippen molar-refractivity contribution >= 4 is 50.2 Å². The number of aromatic amines is 1. The summed E-state index contributed by atoms with van der Waals surface area (Å²) >= 11 is 0. The van der Waals surface area contributed by atoms with Gasteiger partial charge in [0.1, 0.15) is 28.8 Å². The molecule has 0 bridgehead atoms. The number of nitrogens with one attached hydrogen (secondary N) is 2. The number of benzene rings is 2. The van der Waals surface area contributed by atoms with Gasteiger partial charge in [-0.3, -0.25) is 19.5 Å². The molecule has 0 radical (unpaired) electrons. The van der Waals surface area contributed by atoms with E-state index < -0.39 is 32.5 Å². The lowest BCUT2D eigenvalue weighted by molar-refractivity contribution is -0.141. The molecule has 0 unspecified atom stereocenters. The first-order valence-corrected chi connectivity index (χ1v) is 24.0. The first-order valence-electron chi connectivity index (χ1n) is 22.5. The number of primary amides is 1. The zero-order valence-electron chi connectivity index (χ0n) is 37.9. The van der Waals surface area contributed by atoms with E-state index >= 15 is 0 Å². The van der Waals surface area contributed by atoms with Gasteiger partial charge in [-0.2, -0.15) is 5.10 Å². The van der Waals surface area contributed by atoms with Gasteiger partial charge in [-0.1, -0.05) is 50.7 Å². The second-order valence-electron chi connectivity index (χ2n) is 18.2. The number of hydrogen-bond donors (Lipinski definition) is 3. The molecule has 1 atom stereocenters. The second kappa shape index (κ2) is 21.1. The number of fused-ring (bicyclic) bond motifs is 2. The van der Waals surface area contributed by atoms with Crippen LogP contribution in [0.25, 0.3) is 10.9 Å². The third-order valence-corrected chi connectivity index (χ3v) is 15.3. The fraction of sp³-hybridized carbons (Fsp3) is 0.574. The molecule has 2 aromatic heterocycles. The highest BCUT2D eigenvalue weighted by atomic mass is 32.2. The number of sulfone groups is 1. The van der Waals surface area contributed by atoms with Crippen LogP contribution >= 0.6 is 0 Å². The van der Waals surface area contributed by atoms with Crippen LogP contribution in [0.2, 0.25) is 0 Å². The first kappa shape index (κ1) is 47.4. The smallest absolute Gasteiger partial charge is 0.305 e. The van der Waals surface area contributed by atoms with Crippen LogP contribution in [-0.2, 0) is 37.1 Å². The van der Waals surface area contributed by atoms with Crippen molar-refractivity contribution in [2.75, 3.05) is 38.7 Å². The number of carbonyl (C=O) groups excluding carboxylic acids is 3. The largest absolute Gasteiger partial charge is 0.492 e. The Morgan fingerprint density at radius 1 is 0.984 bits per heavy atom. The van der Waals surface area contributed by atoms with Crippen molar-refractivity contribution in [1.82, 2.24) is 30.0 Å². The van der Waals surface area contributed by atoms with E-state index in [-0.39, 0.29) is 23.6 Å². The van der Waals surface area contributed by atoms with E-state index in [9.17, 15) is 22.8 Å².